The molecule has 0 aliphatic rings. The summed E-state index contributed by atoms with van der Waals surface area (Å²) in [5.41, 5.74) is 1.32. The van der Waals surface area contributed by atoms with Crippen molar-refractivity contribution in [1.82, 2.24) is 50.7 Å². The number of carbonyl (C=O) groups is 1. The Morgan fingerprint density at radius 3 is 2.82 bits per heavy atom. The van der Waals surface area contributed by atoms with Gasteiger partial charge in [0.15, 0.2) is 6.04 Å². The van der Waals surface area contributed by atoms with Gasteiger partial charge in [0.05, 0.1) is 12.7 Å². The average Bonchev–Trinajstić information content (AvgIpc) is 3.38. The number of amides is 1. The Morgan fingerprint density at radius 1 is 1.25 bits per heavy atom. The molecule has 0 fully saturated rings. The van der Waals surface area contributed by atoms with Gasteiger partial charge in [-0.25, -0.2) is 14.6 Å². The van der Waals surface area contributed by atoms with Crippen LogP contribution in [0.15, 0.2) is 48.9 Å². The Balaban J connectivity index is 1.51. The lowest BCUT2D eigenvalue weighted by molar-refractivity contribution is -0.123. The first-order valence-electron chi connectivity index (χ1n) is 8.47. The van der Waals surface area contributed by atoms with Gasteiger partial charge in [-0.05, 0) is 22.9 Å². The molecule has 1 aromatic carbocycles. The van der Waals surface area contributed by atoms with E-state index in [1.165, 1.54) is 4.68 Å². The third-order valence-corrected chi connectivity index (χ3v) is 4.02. The van der Waals surface area contributed by atoms with Gasteiger partial charge < -0.3 is 5.32 Å². The third kappa shape index (κ3) is 3.58. The number of hydrogen-bond donors (Lipinski definition) is 2. The first kappa shape index (κ1) is 17.4. The van der Waals surface area contributed by atoms with Crippen LogP contribution in [0.3, 0.4) is 0 Å². The summed E-state index contributed by atoms with van der Waals surface area (Å²) in [6, 6.07) is 8.61. The maximum Gasteiger partial charge on any atom is 0.249 e. The fourth-order valence-electron chi connectivity index (χ4n) is 2.69. The summed E-state index contributed by atoms with van der Waals surface area (Å²) < 4.78 is 1.48. The first-order valence-corrected chi connectivity index (χ1v) is 8.47. The number of carbonyl (C=O) groups excluding carboxylic acids is 1. The quantitative estimate of drug-likeness (QED) is 0.495. The molecule has 0 aliphatic carbocycles. The fraction of sp³-hybridized carbons (Fsp3) is 0.176. The second kappa shape index (κ2) is 7.70. The SMILES string of the molecule is Cc1nnnn1[C@@H](C(=O)NCc1nc(-c2cnccn2)n[nH]1)c1ccccc1. The van der Waals surface area contributed by atoms with E-state index in [4.69, 9.17) is 0 Å². The van der Waals surface area contributed by atoms with E-state index >= 15 is 0 Å². The predicted molar refractivity (Wildman–Crippen MR) is 96.4 cm³/mol. The van der Waals surface area contributed by atoms with Crippen molar-refractivity contribution < 1.29 is 4.79 Å². The van der Waals surface area contributed by atoms with Gasteiger partial charge >= 0.3 is 0 Å². The molecule has 0 bridgehead atoms. The molecule has 140 valence electrons. The van der Waals surface area contributed by atoms with E-state index < -0.39 is 6.04 Å². The molecule has 28 heavy (non-hydrogen) atoms. The van der Waals surface area contributed by atoms with Crippen LogP contribution in [0.4, 0.5) is 0 Å². The molecule has 0 unspecified atom stereocenters. The number of aromatic nitrogens is 9. The summed E-state index contributed by atoms with van der Waals surface area (Å²) in [7, 11) is 0. The van der Waals surface area contributed by atoms with Crippen molar-refractivity contribution in [3.63, 3.8) is 0 Å². The van der Waals surface area contributed by atoms with E-state index in [9.17, 15) is 4.79 Å². The van der Waals surface area contributed by atoms with Crippen molar-refractivity contribution in [2.75, 3.05) is 0 Å². The largest absolute Gasteiger partial charge is 0.347 e. The second-order valence-electron chi connectivity index (χ2n) is 5.90. The zero-order chi connectivity index (χ0) is 19.3. The van der Waals surface area contributed by atoms with Crippen molar-refractivity contribution in [3.8, 4) is 11.5 Å². The summed E-state index contributed by atoms with van der Waals surface area (Å²) in [5, 5.41) is 21.2. The Hall–Kier alpha value is -4.02. The van der Waals surface area contributed by atoms with Crippen LogP contribution >= 0.6 is 0 Å². The molecule has 0 saturated heterocycles. The smallest absolute Gasteiger partial charge is 0.249 e. The zero-order valence-electron chi connectivity index (χ0n) is 14.9. The predicted octanol–water partition coefficient (Wildman–Crippen LogP) is 0.462. The van der Waals surface area contributed by atoms with E-state index in [1.54, 1.807) is 25.5 Å². The lowest BCUT2D eigenvalue weighted by Gasteiger charge is -2.17. The van der Waals surface area contributed by atoms with E-state index in [0.29, 0.717) is 23.2 Å². The number of aromatic amines is 1. The highest BCUT2D eigenvalue weighted by Crippen LogP contribution is 2.18. The van der Waals surface area contributed by atoms with Crippen molar-refractivity contribution in [2.24, 2.45) is 0 Å². The Labute approximate surface area is 159 Å². The molecule has 2 N–H and O–H groups in total. The molecular formula is C17H16N10O. The number of nitrogens with one attached hydrogen (secondary N) is 2. The van der Waals surface area contributed by atoms with Gasteiger partial charge in [0.2, 0.25) is 11.7 Å². The van der Waals surface area contributed by atoms with E-state index in [0.717, 1.165) is 5.56 Å². The van der Waals surface area contributed by atoms with Crippen LogP contribution in [0, 0.1) is 6.92 Å². The minimum absolute atomic E-state index is 0.163. The topological polar surface area (TPSA) is 140 Å². The average molecular weight is 376 g/mol. The van der Waals surface area contributed by atoms with Crippen LogP contribution in [0.5, 0.6) is 0 Å². The Morgan fingerprint density at radius 2 is 2.11 bits per heavy atom. The Kier molecular flexibility index (Phi) is 4.78. The molecule has 0 saturated carbocycles. The van der Waals surface area contributed by atoms with Crippen LogP contribution in [-0.2, 0) is 11.3 Å². The number of benzene rings is 1. The van der Waals surface area contributed by atoms with Crippen LogP contribution in [0.2, 0.25) is 0 Å². The molecule has 4 aromatic rings. The van der Waals surface area contributed by atoms with Gasteiger partial charge in [-0.15, -0.1) is 5.10 Å². The molecule has 3 heterocycles. The number of H-pyrrole nitrogens is 1. The summed E-state index contributed by atoms with van der Waals surface area (Å²) in [6.45, 7) is 1.91. The maximum atomic E-state index is 12.9. The monoisotopic (exact) mass is 376 g/mol. The maximum absolute atomic E-state index is 12.9. The van der Waals surface area contributed by atoms with Crippen molar-refractivity contribution >= 4 is 5.91 Å². The molecule has 0 spiro atoms. The van der Waals surface area contributed by atoms with Gasteiger partial charge in [-0.1, -0.05) is 30.3 Å². The normalized spacial score (nSPS) is 11.9. The van der Waals surface area contributed by atoms with Crippen molar-refractivity contribution in [1.29, 1.82) is 0 Å². The molecule has 1 amide bonds. The summed E-state index contributed by atoms with van der Waals surface area (Å²) in [4.78, 5) is 25.4. The lowest BCUT2D eigenvalue weighted by atomic mass is 10.1. The van der Waals surface area contributed by atoms with Crippen LogP contribution in [0.1, 0.15) is 23.3 Å². The first-order chi connectivity index (χ1) is 13.7. The molecule has 11 nitrogen and oxygen atoms in total. The highest BCUT2D eigenvalue weighted by Gasteiger charge is 2.25. The van der Waals surface area contributed by atoms with E-state index in [1.807, 2.05) is 30.3 Å². The molecule has 1 atom stereocenters. The zero-order valence-corrected chi connectivity index (χ0v) is 14.9. The van der Waals surface area contributed by atoms with Gasteiger partial charge in [0, 0.05) is 12.4 Å². The fourth-order valence-corrected chi connectivity index (χ4v) is 2.69. The minimum atomic E-state index is -0.696. The van der Waals surface area contributed by atoms with Crippen LogP contribution in [-0.4, -0.2) is 51.3 Å². The van der Waals surface area contributed by atoms with Gasteiger partial charge in [0.25, 0.3) is 0 Å². The molecule has 11 heteroatoms. The van der Waals surface area contributed by atoms with Crippen LogP contribution in [0.25, 0.3) is 11.5 Å². The van der Waals surface area contributed by atoms with Crippen molar-refractivity contribution in [3.05, 3.63) is 66.1 Å². The molecule has 0 radical (unpaired) electrons. The second-order valence-corrected chi connectivity index (χ2v) is 5.90. The number of aryl methyl sites for hydroxylation is 1. The van der Waals surface area contributed by atoms with Gasteiger partial charge in [-0.3, -0.25) is 14.9 Å². The highest BCUT2D eigenvalue weighted by molar-refractivity contribution is 5.83. The summed E-state index contributed by atoms with van der Waals surface area (Å²) >= 11 is 0. The van der Waals surface area contributed by atoms with Gasteiger partial charge in [-0.2, -0.15) is 5.10 Å². The van der Waals surface area contributed by atoms with Crippen molar-refractivity contribution in [2.45, 2.75) is 19.5 Å². The summed E-state index contributed by atoms with van der Waals surface area (Å²) in [6.07, 6.45) is 4.70. The standard InChI is InChI=1S/C17H16N10O/c1-11-22-25-26-27(11)15(12-5-3-2-4-6-12)17(28)20-10-14-21-16(24-23-14)13-9-18-7-8-19-13/h2-9,15H,10H2,1H3,(H,20,28)(H,21,23,24)/t15-/m1/s1. The highest BCUT2D eigenvalue weighted by atomic mass is 16.2. The number of nitrogens with zero attached hydrogens (tertiary/aromatic N) is 8. The molecule has 3 aromatic heterocycles. The third-order valence-electron chi connectivity index (χ3n) is 4.02. The number of rotatable bonds is 6. The molecular weight excluding hydrogens is 360 g/mol. The van der Waals surface area contributed by atoms with E-state index in [2.05, 4.69) is 46.0 Å². The number of tetrazole rings is 1. The lowest BCUT2D eigenvalue weighted by Crippen LogP contribution is -2.34. The molecule has 4 rings (SSSR count). The number of hydrogen-bond acceptors (Lipinski definition) is 8. The summed E-state index contributed by atoms with van der Waals surface area (Å²) in [5.74, 6) is 1.18. The van der Waals surface area contributed by atoms with Crippen LogP contribution < -0.4 is 5.32 Å². The molecule has 0 aliphatic heterocycles. The Bertz CT molecular complexity index is 1060. The van der Waals surface area contributed by atoms with E-state index in [-0.39, 0.29) is 12.5 Å². The minimum Gasteiger partial charge on any atom is -0.347 e. The van der Waals surface area contributed by atoms with Gasteiger partial charge in [0.1, 0.15) is 17.3 Å².